The minimum Gasteiger partial charge on any atom is -0.354 e. The number of hydrogen-bond donors (Lipinski definition) is 0. The normalized spacial score (nSPS) is 21.3. The number of rotatable bonds is 4. The first kappa shape index (κ1) is 20.9. The van der Waals surface area contributed by atoms with Crippen LogP contribution in [0.1, 0.15) is 31.7 Å². The summed E-state index contributed by atoms with van der Waals surface area (Å²) in [5.41, 5.74) is 2.54. The number of fused-ring (bicyclic) bond motifs is 1. The van der Waals surface area contributed by atoms with Crippen LogP contribution in [0, 0.1) is 11.3 Å². The number of nitrogens with zero attached hydrogens (tertiary/aromatic N) is 6. The highest BCUT2D eigenvalue weighted by molar-refractivity contribution is 7.88. The molecule has 1 saturated carbocycles. The second-order valence-corrected chi connectivity index (χ2v) is 10.9. The van der Waals surface area contributed by atoms with Crippen molar-refractivity contribution >= 4 is 26.7 Å². The standard InChI is InChI=1S/C23H26N6O2S/c1-17-15-27(10-11-28(17)32(2,30)31)22-13-20(6-9-25-22)29-21-12-19(5-4-18(21)14-26-29)23(16-24)7-3-8-23/h4-6,9,12-14,17H,3,7-8,10-11,15H2,1-2H3/t17-/m0/s1. The molecule has 1 aliphatic heterocycles. The summed E-state index contributed by atoms with van der Waals surface area (Å²) < 4.78 is 27.4. The van der Waals surface area contributed by atoms with Crippen molar-refractivity contribution in [2.45, 2.75) is 37.6 Å². The summed E-state index contributed by atoms with van der Waals surface area (Å²) in [6.07, 6.45) is 7.75. The third kappa shape index (κ3) is 3.44. The number of piperazine rings is 1. The lowest BCUT2D eigenvalue weighted by Crippen LogP contribution is -2.53. The Morgan fingerprint density at radius 2 is 2.00 bits per heavy atom. The zero-order chi connectivity index (χ0) is 22.5. The molecule has 1 saturated heterocycles. The first-order chi connectivity index (χ1) is 15.3. The van der Waals surface area contributed by atoms with Crippen molar-refractivity contribution < 1.29 is 8.42 Å². The summed E-state index contributed by atoms with van der Waals surface area (Å²) in [7, 11) is -3.22. The number of anilines is 1. The van der Waals surface area contributed by atoms with E-state index in [-0.39, 0.29) is 11.5 Å². The fourth-order valence-corrected chi connectivity index (χ4v) is 6.00. The number of sulfonamides is 1. The minimum absolute atomic E-state index is 0.123. The maximum absolute atomic E-state index is 12.0. The second-order valence-electron chi connectivity index (χ2n) is 8.92. The van der Waals surface area contributed by atoms with Crippen LogP contribution >= 0.6 is 0 Å². The van der Waals surface area contributed by atoms with E-state index in [9.17, 15) is 13.7 Å². The molecule has 2 aliphatic rings. The highest BCUT2D eigenvalue weighted by Crippen LogP contribution is 2.43. The molecular formula is C23H26N6O2S. The number of hydrogen-bond acceptors (Lipinski definition) is 6. The Balaban J connectivity index is 1.47. The van der Waals surface area contributed by atoms with Crippen LogP contribution in [0.5, 0.6) is 0 Å². The maximum Gasteiger partial charge on any atom is 0.211 e. The van der Waals surface area contributed by atoms with Crippen LogP contribution in [0.15, 0.2) is 42.7 Å². The van der Waals surface area contributed by atoms with Gasteiger partial charge in [0.25, 0.3) is 0 Å². The van der Waals surface area contributed by atoms with Crippen LogP contribution in [0.3, 0.4) is 0 Å². The fraction of sp³-hybridized carbons (Fsp3) is 0.435. The number of aromatic nitrogens is 3. The number of pyridine rings is 1. The van der Waals surface area contributed by atoms with Gasteiger partial charge in [-0.1, -0.05) is 12.1 Å². The van der Waals surface area contributed by atoms with E-state index in [1.807, 2.05) is 36.0 Å². The number of benzene rings is 1. The largest absolute Gasteiger partial charge is 0.354 e. The molecule has 2 fully saturated rings. The van der Waals surface area contributed by atoms with E-state index < -0.39 is 10.0 Å². The molecule has 3 heterocycles. The van der Waals surface area contributed by atoms with Crippen LogP contribution in [0.4, 0.5) is 5.82 Å². The Morgan fingerprint density at radius 1 is 1.19 bits per heavy atom. The molecule has 9 heteroatoms. The lowest BCUT2D eigenvalue weighted by atomic mass is 9.65. The van der Waals surface area contributed by atoms with E-state index in [1.54, 1.807) is 10.5 Å². The van der Waals surface area contributed by atoms with Gasteiger partial charge in [0.1, 0.15) is 5.82 Å². The Bertz CT molecular complexity index is 1320. The molecule has 1 aromatic carbocycles. The van der Waals surface area contributed by atoms with Gasteiger partial charge in [0, 0.05) is 43.3 Å². The van der Waals surface area contributed by atoms with E-state index >= 15 is 0 Å². The van der Waals surface area contributed by atoms with Gasteiger partial charge in [-0.05, 0) is 43.9 Å². The van der Waals surface area contributed by atoms with Gasteiger partial charge in [0.15, 0.2) is 0 Å². The lowest BCUT2D eigenvalue weighted by Gasteiger charge is -2.38. The SMILES string of the molecule is C[C@H]1CN(c2cc(-n3ncc4ccc(C5(C#N)CCC5)cc43)ccn2)CCN1S(C)(=O)=O. The summed E-state index contributed by atoms with van der Waals surface area (Å²) in [6, 6.07) is 12.5. The predicted octanol–water partition coefficient (Wildman–Crippen LogP) is 2.84. The molecule has 0 radical (unpaired) electrons. The lowest BCUT2D eigenvalue weighted by molar-refractivity contribution is 0.308. The molecule has 0 unspecified atom stereocenters. The van der Waals surface area contributed by atoms with Crippen LogP contribution in [-0.4, -0.2) is 59.4 Å². The van der Waals surface area contributed by atoms with Gasteiger partial charge in [-0.25, -0.2) is 18.1 Å². The highest BCUT2D eigenvalue weighted by atomic mass is 32.2. The summed E-state index contributed by atoms with van der Waals surface area (Å²) in [5.74, 6) is 0.801. The maximum atomic E-state index is 12.0. The van der Waals surface area contributed by atoms with Crippen LogP contribution < -0.4 is 4.90 Å². The number of nitriles is 1. The highest BCUT2D eigenvalue weighted by Gasteiger charge is 2.39. The molecular weight excluding hydrogens is 424 g/mol. The second kappa shape index (κ2) is 7.57. The summed E-state index contributed by atoms with van der Waals surface area (Å²) >= 11 is 0. The van der Waals surface area contributed by atoms with Gasteiger partial charge < -0.3 is 4.90 Å². The van der Waals surface area contributed by atoms with Crippen LogP contribution in [-0.2, 0) is 15.4 Å². The third-order valence-corrected chi connectivity index (χ3v) is 8.23. The smallest absolute Gasteiger partial charge is 0.211 e. The quantitative estimate of drug-likeness (QED) is 0.607. The minimum atomic E-state index is -3.22. The third-order valence-electron chi connectivity index (χ3n) is 6.83. The van der Waals surface area contributed by atoms with Crippen molar-refractivity contribution in [3.05, 3.63) is 48.3 Å². The average Bonchev–Trinajstić information content (AvgIpc) is 3.16. The molecule has 0 amide bonds. The predicted molar refractivity (Wildman–Crippen MR) is 123 cm³/mol. The van der Waals surface area contributed by atoms with E-state index in [1.165, 1.54) is 6.26 Å². The van der Waals surface area contributed by atoms with Gasteiger partial charge >= 0.3 is 0 Å². The van der Waals surface area contributed by atoms with Crippen molar-refractivity contribution in [2.75, 3.05) is 30.8 Å². The molecule has 5 rings (SSSR count). The van der Waals surface area contributed by atoms with Gasteiger partial charge in [-0.15, -0.1) is 0 Å². The van der Waals surface area contributed by atoms with E-state index in [0.717, 1.165) is 47.2 Å². The van der Waals surface area contributed by atoms with Crippen LogP contribution in [0.2, 0.25) is 0 Å². The Hall–Kier alpha value is -2.96. The molecule has 0 bridgehead atoms. The first-order valence-electron chi connectivity index (χ1n) is 10.9. The summed E-state index contributed by atoms with van der Waals surface area (Å²) in [6.45, 7) is 3.53. The average molecular weight is 451 g/mol. The van der Waals surface area contributed by atoms with Gasteiger partial charge in [-0.2, -0.15) is 14.7 Å². The summed E-state index contributed by atoms with van der Waals surface area (Å²) in [5, 5.41) is 15.4. The molecule has 1 aliphatic carbocycles. The van der Waals surface area contributed by atoms with Crippen LogP contribution in [0.25, 0.3) is 16.6 Å². The Labute approximate surface area is 188 Å². The van der Waals surface area contributed by atoms with Crippen molar-refractivity contribution in [1.29, 1.82) is 5.26 Å². The molecule has 3 aromatic rings. The molecule has 32 heavy (non-hydrogen) atoms. The van der Waals surface area contributed by atoms with Crippen molar-refractivity contribution in [1.82, 2.24) is 19.1 Å². The molecule has 1 atom stereocenters. The molecule has 166 valence electrons. The zero-order valence-corrected chi connectivity index (χ0v) is 19.1. The molecule has 2 aromatic heterocycles. The van der Waals surface area contributed by atoms with Crippen molar-refractivity contribution in [3.8, 4) is 11.8 Å². The Kier molecular flexibility index (Phi) is 4.95. The molecule has 0 N–H and O–H groups in total. The van der Waals surface area contributed by atoms with E-state index in [2.05, 4.69) is 33.2 Å². The fourth-order valence-electron chi connectivity index (χ4n) is 4.87. The van der Waals surface area contributed by atoms with E-state index in [0.29, 0.717) is 19.6 Å². The zero-order valence-electron chi connectivity index (χ0n) is 18.3. The van der Waals surface area contributed by atoms with Crippen molar-refractivity contribution in [2.24, 2.45) is 0 Å². The Morgan fingerprint density at radius 3 is 2.66 bits per heavy atom. The summed E-state index contributed by atoms with van der Waals surface area (Å²) in [4.78, 5) is 6.66. The van der Waals surface area contributed by atoms with Gasteiger partial charge in [0.05, 0.1) is 35.1 Å². The van der Waals surface area contributed by atoms with Gasteiger partial charge in [-0.3, -0.25) is 0 Å². The van der Waals surface area contributed by atoms with E-state index in [4.69, 9.17) is 0 Å². The topological polar surface area (TPSA) is 95.1 Å². The first-order valence-corrected chi connectivity index (χ1v) is 12.7. The van der Waals surface area contributed by atoms with Gasteiger partial charge in [0.2, 0.25) is 10.0 Å². The molecule has 8 nitrogen and oxygen atoms in total. The van der Waals surface area contributed by atoms with Crippen molar-refractivity contribution in [3.63, 3.8) is 0 Å². The molecule has 0 spiro atoms. The monoisotopic (exact) mass is 450 g/mol.